The zero-order chi connectivity index (χ0) is 11.5. The summed E-state index contributed by atoms with van der Waals surface area (Å²) in [5.41, 5.74) is 0. The highest BCUT2D eigenvalue weighted by Crippen LogP contribution is 2.22. The number of carboxylic acid groups (broad SMARTS) is 1. The highest BCUT2D eigenvalue weighted by molar-refractivity contribution is 7.87. The molecule has 0 aliphatic heterocycles. The lowest BCUT2D eigenvalue weighted by Gasteiger charge is -2.29. The molecule has 0 atom stereocenters. The van der Waals surface area contributed by atoms with Crippen LogP contribution in [0.2, 0.25) is 0 Å². The third kappa shape index (κ3) is 3.35. The Morgan fingerprint density at radius 2 is 1.87 bits per heavy atom. The molecule has 0 radical (unpaired) electrons. The van der Waals surface area contributed by atoms with Gasteiger partial charge in [-0.15, -0.1) is 0 Å². The van der Waals surface area contributed by atoms with Crippen molar-refractivity contribution < 1.29 is 18.3 Å². The lowest BCUT2D eigenvalue weighted by molar-refractivity contribution is 0.199. The predicted octanol–water partition coefficient (Wildman–Crippen LogP) is 0.763. The topological polar surface area (TPSA) is 86.7 Å². The van der Waals surface area contributed by atoms with Gasteiger partial charge in [-0.1, -0.05) is 19.3 Å². The van der Waals surface area contributed by atoms with Crippen LogP contribution in [0.25, 0.3) is 0 Å². The molecule has 6 nitrogen and oxygen atoms in total. The van der Waals surface area contributed by atoms with E-state index in [-0.39, 0.29) is 6.04 Å². The van der Waals surface area contributed by atoms with E-state index < -0.39 is 16.3 Å². The third-order valence-corrected chi connectivity index (χ3v) is 4.17. The normalized spacial score (nSPS) is 19.1. The average Bonchev–Trinajstić information content (AvgIpc) is 2.16. The van der Waals surface area contributed by atoms with Gasteiger partial charge < -0.3 is 5.11 Å². The first-order valence-corrected chi connectivity index (χ1v) is 6.36. The van der Waals surface area contributed by atoms with E-state index >= 15 is 0 Å². The zero-order valence-electron chi connectivity index (χ0n) is 8.64. The van der Waals surface area contributed by atoms with Crippen LogP contribution in [0.4, 0.5) is 4.79 Å². The van der Waals surface area contributed by atoms with Gasteiger partial charge >= 0.3 is 16.3 Å². The fourth-order valence-corrected chi connectivity index (χ4v) is 2.79. The molecule has 0 saturated heterocycles. The van der Waals surface area contributed by atoms with Crippen molar-refractivity contribution in [2.75, 3.05) is 7.05 Å². The van der Waals surface area contributed by atoms with Crippen LogP contribution in [0, 0.1) is 0 Å². The number of hydrogen-bond acceptors (Lipinski definition) is 3. The van der Waals surface area contributed by atoms with Crippen LogP contribution in [0.3, 0.4) is 0 Å². The SMILES string of the molecule is CN(C1CCCCC1)S(=O)(=O)NC(=O)O. The molecule has 0 heterocycles. The first kappa shape index (κ1) is 12.3. The average molecular weight is 236 g/mol. The Morgan fingerprint density at radius 3 is 2.33 bits per heavy atom. The van der Waals surface area contributed by atoms with E-state index in [9.17, 15) is 13.2 Å². The number of rotatable bonds is 3. The summed E-state index contributed by atoms with van der Waals surface area (Å²) in [5.74, 6) is 0. The van der Waals surface area contributed by atoms with E-state index in [1.54, 1.807) is 0 Å². The summed E-state index contributed by atoms with van der Waals surface area (Å²) >= 11 is 0. The molecule has 1 saturated carbocycles. The molecule has 1 rings (SSSR count). The van der Waals surface area contributed by atoms with Crippen LogP contribution >= 0.6 is 0 Å². The second kappa shape index (κ2) is 4.80. The van der Waals surface area contributed by atoms with Crippen LogP contribution < -0.4 is 4.72 Å². The molecule has 0 aromatic rings. The van der Waals surface area contributed by atoms with Gasteiger partial charge in [0.05, 0.1) is 0 Å². The lowest BCUT2D eigenvalue weighted by Crippen LogP contribution is -2.46. The minimum atomic E-state index is -3.88. The summed E-state index contributed by atoms with van der Waals surface area (Å²) in [4.78, 5) is 10.3. The Kier molecular flexibility index (Phi) is 3.92. The first-order valence-electron chi connectivity index (χ1n) is 4.92. The van der Waals surface area contributed by atoms with Gasteiger partial charge in [-0.05, 0) is 12.8 Å². The Hall–Kier alpha value is -0.820. The maximum absolute atomic E-state index is 11.5. The van der Waals surface area contributed by atoms with Crippen LogP contribution in [0.1, 0.15) is 32.1 Å². The van der Waals surface area contributed by atoms with E-state index in [1.165, 1.54) is 11.8 Å². The van der Waals surface area contributed by atoms with Crippen LogP contribution in [0.5, 0.6) is 0 Å². The molecular weight excluding hydrogens is 220 g/mol. The third-order valence-electron chi connectivity index (χ3n) is 2.68. The smallest absolute Gasteiger partial charge is 0.419 e. The largest absolute Gasteiger partial charge is 0.464 e. The minimum Gasteiger partial charge on any atom is -0.464 e. The van der Waals surface area contributed by atoms with E-state index in [4.69, 9.17) is 5.11 Å². The van der Waals surface area contributed by atoms with E-state index in [0.717, 1.165) is 36.4 Å². The standard InChI is InChI=1S/C8H16N2O4S/c1-10(7-5-3-2-4-6-7)15(13,14)9-8(11)12/h7,9H,2-6H2,1H3,(H,11,12). The summed E-state index contributed by atoms with van der Waals surface area (Å²) in [7, 11) is -2.46. The van der Waals surface area contributed by atoms with Crippen molar-refractivity contribution in [1.29, 1.82) is 0 Å². The maximum atomic E-state index is 11.5. The molecule has 15 heavy (non-hydrogen) atoms. The number of nitrogens with zero attached hydrogens (tertiary/aromatic N) is 1. The fourth-order valence-electron chi connectivity index (χ4n) is 1.82. The molecule has 2 N–H and O–H groups in total. The number of hydrogen-bond donors (Lipinski definition) is 2. The molecule has 1 amide bonds. The van der Waals surface area contributed by atoms with Gasteiger partial charge in [0.2, 0.25) is 0 Å². The van der Waals surface area contributed by atoms with E-state index in [1.807, 2.05) is 0 Å². The second-order valence-corrected chi connectivity index (χ2v) is 5.45. The van der Waals surface area contributed by atoms with Crippen LogP contribution in [0.15, 0.2) is 0 Å². The van der Waals surface area contributed by atoms with Crippen LogP contribution in [-0.2, 0) is 10.2 Å². The van der Waals surface area contributed by atoms with E-state index in [2.05, 4.69) is 0 Å². The fraction of sp³-hybridized carbons (Fsp3) is 0.875. The molecule has 0 aromatic carbocycles. The van der Waals surface area contributed by atoms with Gasteiger partial charge in [0.25, 0.3) is 0 Å². The van der Waals surface area contributed by atoms with Crippen molar-refractivity contribution >= 4 is 16.3 Å². The molecule has 0 spiro atoms. The Labute approximate surface area is 89.4 Å². The maximum Gasteiger partial charge on any atom is 0.419 e. The Bertz CT molecular complexity index is 322. The Balaban J connectivity index is 2.65. The summed E-state index contributed by atoms with van der Waals surface area (Å²) in [6.45, 7) is 0. The molecule has 0 bridgehead atoms. The summed E-state index contributed by atoms with van der Waals surface area (Å²) < 4.78 is 25.6. The van der Waals surface area contributed by atoms with Crippen molar-refractivity contribution in [3.8, 4) is 0 Å². The van der Waals surface area contributed by atoms with Crippen LogP contribution in [-0.4, -0.2) is 37.0 Å². The zero-order valence-corrected chi connectivity index (χ0v) is 9.46. The molecule has 1 aliphatic rings. The van der Waals surface area contributed by atoms with E-state index in [0.29, 0.717) is 0 Å². The van der Waals surface area contributed by atoms with Gasteiger partial charge in [0.1, 0.15) is 0 Å². The molecule has 1 fully saturated rings. The number of amides is 1. The summed E-state index contributed by atoms with van der Waals surface area (Å²) in [6.07, 6.45) is 3.18. The molecule has 1 aliphatic carbocycles. The van der Waals surface area contributed by atoms with Crippen molar-refractivity contribution in [1.82, 2.24) is 9.03 Å². The molecular formula is C8H16N2O4S. The highest BCUT2D eigenvalue weighted by atomic mass is 32.2. The van der Waals surface area contributed by atoms with Gasteiger partial charge in [-0.3, -0.25) is 0 Å². The lowest BCUT2D eigenvalue weighted by atomic mass is 9.96. The number of nitrogens with one attached hydrogen (secondary N) is 1. The quantitative estimate of drug-likeness (QED) is 0.757. The number of carbonyl (C=O) groups is 1. The highest BCUT2D eigenvalue weighted by Gasteiger charge is 2.28. The first-order chi connectivity index (χ1) is 6.93. The van der Waals surface area contributed by atoms with Crippen molar-refractivity contribution in [3.05, 3.63) is 0 Å². The Morgan fingerprint density at radius 1 is 1.33 bits per heavy atom. The molecule has 0 aromatic heterocycles. The van der Waals surface area contributed by atoms with Crippen molar-refractivity contribution in [2.24, 2.45) is 0 Å². The molecule has 0 unspecified atom stereocenters. The molecule has 88 valence electrons. The predicted molar refractivity (Wildman–Crippen MR) is 54.7 cm³/mol. The minimum absolute atomic E-state index is 0.0735. The van der Waals surface area contributed by atoms with Gasteiger partial charge in [0, 0.05) is 13.1 Å². The van der Waals surface area contributed by atoms with Gasteiger partial charge in [-0.25, -0.2) is 9.52 Å². The second-order valence-electron chi connectivity index (χ2n) is 3.72. The van der Waals surface area contributed by atoms with Gasteiger partial charge in [0.15, 0.2) is 0 Å². The van der Waals surface area contributed by atoms with Crippen molar-refractivity contribution in [3.63, 3.8) is 0 Å². The molecule has 7 heteroatoms. The monoisotopic (exact) mass is 236 g/mol. The van der Waals surface area contributed by atoms with Crippen molar-refractivity contribution in [2.45, 2.75) is 38.1 Å². The van der Waals surface area contributed by atoms with Gasteiger partial charge in [-0.2, -0.15) is 12.7 Å². The summed E-state index contributed by atoms with van der Waals surface area (Å²) in [6, 6.07) is -0.0735. The summed E-state index contributed by atoms with van der Waals surface area (Å²) in [5, 5.41) is 8.38.